The molecule has 1 aromatic carbocycles. The molecule has 0 spiro atoms. The molecule has 0 amide bonds. The molecular weight excluding hydrogens is 228 g/mol. The Labute approximate surface area is 110 Å². The van der Waals surface area contributed by atoms with Crippen molar-refractivity contribution in [1.82, 2.24) is 10.2 Å². The second-order valence-electron chi connectivity index (χ2n) is 4.64. The van der Waals surface area contributed by atoms with Crippen molar-refractivity contribution in [2.45, 2.75) is 13.0 Å². The molecule has 1 unspecified atom stereocenters. The first-order chi connectivity index (χ1) is 8.61. The van der Waals surface area contributed by atoms with Crippen LogP contribution >= 0.6 is 0 Å². The van der Waals surface area contributed by atoms with Crippen LogP contribution in [0.3, 0.4) is 0 Å². The van der Waals surface area contributed by atoms with E-state index in [1.165, 1.54) is 0 Å². The molecule has 1 rings (SSSR count). The van der Waals surface area contributed by atoms with Crippen LogP contribution in [0, 0.1) is 0 Å². The van der Waals surface area contributed by atoms with Crippen LogP contribution in [-0.2, 0) is 0 Å². The largest absolute Gasteiger partial charge is 0.497 e. The Kier molecular flexibility index (Phi) is 6.54. The van der Waals surface area contributed by atoms with Crippen LogP contribution in [0.15, 0.2) is 24.3 Å². The number of hydrogen-bond donors (Lipinski definition) is 1. The average Bonchev–Trinajstić information content (AvgIpc) is 2.34. The van der Waals surface area contributed by atoms with Crippen molar-refractivity contribution >= 4 is 0 Å². The van der Waals surface area contributed by atoms with Gasteiger partial charge in [0.1, 0.15) is 18.1 Å². The fourth-order valence-electron chi connectivity index (χ4n) is 1.76. The van der Waals surface area contributed by atoms with Gasteiger partial charge in [0.25, 0.3) is 0 Å². The van der Waals surface area contributed by atoms with E-state index in [2.05, 4.69) is 31.2 Å². The lowest BCUT2D eigenvalue weighted by molar-refractivity contribution is 0.290. The fraction of sp³-hybridized carbons (Fsp3) is 0.571. The molecule has 0 fully saturated rings. The number of hydrogen-bond acceptors (Lipinski definition) is 4. The molecule has 0 bridgehead atoms. The van der Waals surface area contributed by atoms with E-state index in [9.17, 15) is 0 Å². The number of ether oxygens (including phenoxy) is 2. The van der Waals surface area contributed by atoms with Crippen molar-refractivity contribution in [3.05, 3.63) is 24.3 Å². The van der Waals surface area contributed by atoms with Crippen molar-refractivity contribution in [3.63, 3.8) is 0 Å². The van der Waals surface area contributed by atoms with Gasteiger partial charge in [-0.15, -0.1) is 0 Å². The summed E-state index contributed by atoms with van der Waals surface area (Å²) in [5.74, 6) is 1.72. The second kappa shape index (κ2) is 7.95. The van der Waals surface area contributed by atoms with Crippen molar-refractivity contribution in [2.24, 2.45) is 0 Å². The van der Waals surface area contributed by atoms with Gasteiger partial charge in [0, 0.05) is 19.1 Å². The lowest BCUT2D eigenvalue weighted by Gasteiger charge is -2.18. The first-order valence-electron chi connectivity index (χ1n) is 6.27. The topological polar surface area (TPSA) is 33.7 Å². The predicted octanol–water partition coefficient (Wildman–Crippen LogP) is 1.61. The van der Waals surface area contributed by atoms with Crippen molar-refractivity contribution in [1.29, 1.82) is 0 Å². The molecule has 4 nitrogen and oxygen atoms in total. The molecule has 0 heterocycles. The van der Waals surface area contributed by atoms with Crippen LogP contribution in [0.2, 0.25) is 0 Å². The predicted molar refractivity (Wildman–Crippen MR) is 74.5 cm³/mol. The summed E-state index contributed by atoms with van der Waals surface area (Å²) in [5.41, 5.74) is 0. The molecule has 1 aromatic rings. The van der Waals surface area contributed by atoms with Gasteiger partial charge in [-0.2, -0.15) is 0 Å². The SMILES string of the molecule is COc1ccc(OCCNC(C)CN(C)C)cc1. The Morgan fingerprint density at radius 2 is 1.78 bits per heavy atom. The molecule has 0 aliphatic carbocycles. The lowest BCUT2D eigenvalue weighted by atomic mass is 10.3. The van der Waals surface area contributed by atoms with E-state index in [4.69, 9.17) is 9.47 Å². The Morgan fingerprint density at radius 3 is 2.33 bits per heavy atom. The van der Waals surface area contributed by atoms with E-state index in [1.54, 1.807) is 7.11 Å². The highest BCUT2D eigenvalue weighted by Gasteiger charge is 2.02. The van der Waals surface area contributed by atoms with Crippen molar-refractivity contribution in [2.75, 3.05) is 40.9 Å². The third-order valence-electron chi connectivity index (χ3n) is 2.56. The highest BCUT2D eigenvalue weighted by Crippen LogP contribution is 2.16. The van der Waals surface area contributed by atoms with E-state index >= 15 is 0 Å². The van der Waals surface area contributed by atoms with E-state index in [1.807, 2.05) is 24.3 Å². The van der Waals surface area contributed by atoms with E-state index in [0.717, 1.165) is 24.6 Å². The van der Waals surface area contributed by atoms with Crippen LogP contribution < -0.4 is 14.8 Å². The van der Waals surface area contributed by atoms with Crippen LogP contribution in [0.1, 0.15) is 6.92 Å². The van der Waals surface area contributed by atoms with Crippen LogP contribution in [0.25, 0.3) is 0 Å². The smallest absolute Gasteiger partial charge is 0.119 e. The van der Waals surface area contributed by atoms with E-state index in [-0.39, 0.29) is 0 Å². The summed E-state index contributed by atoms with van der Waals surface area (Å²) in [6, 6.07) is 8.11. The van der Waals surface area contributed by atoms with Crippen molar-refractivity contribution in [3.8, 4) is 11.5 Å². The zero-order valence-corrected chi connectivity index (χ0v) is 11.8. The molecule has 4 heteroatoms. The number of likely N-dealkylation sites (N-methyl/N-ethyl adjacent to an activating group) is 1. The Bertz CT molecular complexity index is 325. The van der Waals surface area contributed by atoms with Crippen molar-refractivity contribution < 1.29 is 9.47 Å². The molecule has 0 saturated carbocycles. The number of nitrogens with zero attached hydrogens (tertiary/aromatic N) is 1. The normalized spacial score (nSPS) is 12.5. The average molecular weight is 252 g/mol. The summed E-state index contributed by atoms with van der Waals surface area (Å²) < 4.78 is 10.7. The Balaban J connectivity index is 2.17. The van der Waals surface area contributed by atoms with Crippen LogP contribution in [-0.4, -0.2) is 51.8 Å². The quantitative estimate of drug-likeness (QED) is 0.713. The highest BCUT2D eigenvalue weighted by atomic mass is 16.5. The fourth-order valence-corrected chi connectivity index (χ4v) is 1.76. The summed E-state index contributed by atoms with van der Waals surface area (Å²) >= 11 is 0. The van der Waals surface area contributed by atoms with E-state index in [0.29, 0.717) is 12.6 Å². The molecule has 0 aromatic heterocycles. The van der Waals surface area contributed by atoms with Gasteiger partial charge in [-0.05, 0) is 45.3 Å². The summed E-state index contributed by atoms with van der Waals surface area (Å²) in [6.45, 7) is 4.72. The summed E-state index contributed by atoms with van der Waals surface area (Å²) in [4.78, 5) is 2.17. The summed E-state index contributed by atoms with van der Waals surface area (Å²) in [7, 11) is 5.81. The van der Waals surface area contributed by atoms with Gasteiger partial charge in [-0.3, -0.25) is 0 Å². The van der Waals surface area contributed by atoms with Gasteiger partial charge in [-0.25, -0.2) is 0 Å². The first kappa shape index (κ1) is 14.8. The van der Waals surface area contributed by atoms with E-state index < -0.39 is 0 Å². The molecule has 18 heavy (non-hydrogen) atoms. The molecule has 0 saturated heterocycles. The zero-order chi connectivity index (χ0) is 13.4. The monoisotopic (exact) mass is 252 g/mol. The maximum Gasteiger partial charge on any atom is 0.119 e. The maximum atomic E-state index is 5.63. The van der Waals surface area contributed by atoms with Gasteiger partial charge in [0.15, 0.2) is 0 Å². The third kappa shape index (κ3) is 5.89. The van der Waals surface area contributed by atoms with Gasteiger partial charge in [-0.1, -0.05) is 0 Å². The molecule has 1 N–H and O–H groups in total. The molecular formula is C14H24N2O2. The zero-order valence-electron chi connectivity index (χ0n) is 11.8. The van der Waals surface area contributed by atoms with Gasteiger partial charge in [0.05, 0.1) is 7.11 Å². The molecule has 102 valence electrons. The maximum absolute atomic E-state index is 5.63. The molecule has 0 aliphatic heterocycles. The number of methoxy groups -OCH3 is 1. The lowest BCUT2D eigenvalue weighted by Crippen LogP contribution is -2.37. The standard InChI is InChI=1S/C14H24N2O2/c1-12(11-16(2)3)15-9-10-18-14-7-5-13(17-4)6-8-14/h5-8,12,15H,9-11H2,1-4H3. The molecule has 1 atom stereocenters. The van der Waals surface area contributed by atoms with Crippen LogP contribution in [0.4, 0.5) is 0 Å². The minimum absolute atomic E-state index is 0.472. The third-order valence-corrected chi connectivity index (χ3v) is 2.56. The minimum Gasteiger partial charge on any atom is -0.497 e. The van der Waals surface area contributed by atoms with Gasteiger partial charge < -0.3 is 19.7 Å². The second-order valence-corrected chi connectivity index (χ2v) is 4.64. The first-order valence-corrected chi connectivity index (χ1v) is 6.27. The van der Waals surface area contributed by atoms with Gasteiger partial charge >= 0.3 is 0 Å². The molecule has 0 aliphatic rings. The van der Waals surface area contributed by atoms with Gasteiger partial charge in [0.2, 0.25) is 0 Å². The number of nitrogens with one attached hydrogen (secondary N) is 1. The summed E-state index contributed by atoms with van der Waals surface area (Å²) in [6.07, 6.45) is 0. The minimum atomic E-state index is 0.472. The number of rotatable bonds is 8. The number of benzene rings is 1. The highest BCUT2D eigenvalue weighted by molar-refractivity contribution is 5.31. The Hall–Kier alpha value is -1.26. The van der Waals surface area contributed by atoms with Crippen LogP contribution in [0.5, 0.6) is 11.5 Å². The summed E-state index contributed by atoms with van der Waals surface area (Å²) in [5, 5.41) is 3.42. The Morgan fingerprint density at radius 1 is 1.17 bits per heavy atom. The molecule has 0 radical (unpaired) electrons.